The van der Waals surface area contributed by atoms with Gasteiger partial charge in [0.15, 0.2) is 5.65 Å². The Bertz CT molecular complexity index is 951. The molecule has 3 rings (SSSR count). The maximum absolute atomic E-state index is 12.1. The molecule has 0 radical (unpaired) electrons. The average molecular weight is 344 g/mol. The highest BCUT2D eigenvalue weighted by Gasteiger charge is 2.12. The van der Waals surface area contributed by atoms with E-state index in [1.165, 1.54) is 10.9 Å². The number of carbonyl (C=O) groups is 1. The fourth-order valence-electron chi connectivity index (χ4n) is 2.81. The van der Waals surface area contributed by atoms with Crippen LogP contribution in [0.15, 0.2) is 23.0 Å². The SMILES string of the molecule is Cc1ccc(CNC(=O)CCc2c(C)nc3cc(=O)[nH]n3c2C)s1. The largest absolute Gasteiger partial charge is 0.351 e. The minimum atomic E-state index is -0.175. The number of thiophene rings is 1. The molecule has 0 aromatic carbocycles. The van der Waals surface area contributed by atoms with Crippen LogP contribution < -0.4 is 10.9 Å². The van der Waals surface area contributed by atoms with Crippen LogP contribution in [0.25, 0.3) is 5.65 Å². The van der Waals surface area contributed by atoms with Crippen LogP contribution in [0.2, 0.25) is 0 Å². The zero-order valence-corrected chi connectivity index (χ0v) is 14.8. The number of rotatable bonds is 5. The normalized spacial score (nSPS) is 11.1. The fraction of sp³-hybridized carbons (Fsp3) is 0.353. The Morgan fingerprint density at radius 3 is 2.83 bits per heavy atom. The highest BCUT2D eigenvalue weighted by atomic mass is 32.1. The second kappa shape index (κ2) is 6.60. The molecular formula is C17H20N4O2S. The van der Waals surface area contributed by atoms with Gasteiger partial charge in [0.05, 0.1) is 6.54 Å². The first-order valence-corrected chi connectivity index (χ1v) is 8.65. The molecule has 0 aliphatic heterocycles. The highest BCUT2D eigenvalue weighted by Crippen LogP contribution is 2.16. The molecule has 0 fully saturated rings. The number of nitrogens with zero attached hydrogens (tertiary/aromatic N) is 2. The van der Waals surface area contributed by atoms with Gasteiger partial charge in [-0.15, -0.1) is 11.3 Å². The highest BCUT2D eigenvalue weighted by molar-refractivity contribution is 7.11. The lowest BCUT2D eigenvalue weighted by Gasteiger charge is -2.11. The Balaban J connectivity index is 1.66. The molecule has 0 saturated carbocycles. The van der Waals surface area contributed by atoms with Gasteiger partial charge in [0.1, 0.15) is 0 Å². The summed E-state index contributed by atoms with van der Waals surface area (Å²) in [6.45, 7) is 6.46. The van der Waals surface area contributed by atoms with E-state index < -0.39 is 0 Å². The predicted molar refractivity (Wildman–Crippen MR) is 94.5 cm³/mol. The molecule has 3 aromatic heterocycles. The lowest BCUT2D eigenvalue weighted by atomic mass is 10.1. The van der Waals surface area contributed by atoms with E-state index in [1.54, 1.807) is 15.9 Å². The summed E-state index contributed by atoms with van der Waals surface area (Å²) in [5.74, 6) is 0.0148. The van der Waals surface area contributed by atoms with Gasteiger partial charge in [-0.2, -0.15) is 0 Å². The topological polar surface area (TPSA) is 79.3 Å². The average Bonchev–Trinajstić information content (AvgIpc) is 3.10. The molecule has 3 heterocycles. The zero-order chi connectivity index (χ0) is 17.3. The van der Waals surface area contributed by atoms with Gasteiger partial charge in [-0.05, 0) is 44.9 Å². The van der Waals surface area contributed by atoms with Gasteiger partial charge in [0.25, 0.3) is 5.56 Å². The second-order valence-electron chi connectivity index (χ2n) is 5.86. The van der Waals surface area contributed by atoms with Crippen LogP contribution in [0, 0.1) is 20.8 Å². The molecule has 0 aliphatic carbocycles. The number of aromatic nitrogens is 3. The summed E-state index contributed by atoms with van der Waals surface area (Å²) in [6, 6.07) is 5.56. The smallest absolute Gasteiger partial charge is 0.266 e. The van der Waals surface area contributed by atoms with E-state index in [0.29, 0.717) is 25.0 Å². The molecular weight excluding hydrogens is 324 g/mol. The molecule has 126 valence electrons. The first-order valence-electron chi connectivity index (χ1n) is 7.84. The Morgan fingerprint density at radius 2 is 2.12 bits per heavy atom. The molecule has 0 aliphatic rings. The molecule has 3 aromatic rings. The van der Waals surface area contributed by atoms with Crippen LogP contribution in [-0.2, 0) is 17.8 Å². The van der Waals surface area contributed by atoms with Crippen molar-refractivity contribution in [3.8, 4) is 0 Å². The minimum Gasteiger partial charge on any atom is -0.351 e. The van der Waals surface area contributed by atoms with Crippen molar-refractivity contribution < 1.29 is 4.79 Å². The lowest BCUT2D eigenvalue weighted by Crippen LogP contribution is -2.23. The van der Waals surface area contributed by atoms with Gasteiger partial charge in [-0.3, -0.25) is 14.7 Å². The maximum atomic E-state index is 12.1. The van der Waals surface area contributed by atoms with Crippen LogP contribution in [0.5, 0.6) is 0 Å². The minimum absolute atomic E-state index is 0.0148. The summed E-state index contributed by atoms with van der Waals surface area (Å²) < 4.78 is 1.68. The first kappa shape index (κ1) is 16.4. The van der Waals surface area contributed by atoms with Crippen LogP contribution >= 0.6 is 11.3 Å². The van der Waals surface area contributed by atoms with E-state index in [0.717, 1.165) is 21.8 Å². The van der Waals surface area contributed by atoms with Crippen molar-refractivity contribution in [1.82, 2.24) is 19.9 Å². The lowest BCUT2D eigenvalue weighted by molar-refractivity contribution is -0.121. The van der Waals surface area contributed by atoms with Crippen molar-refractivity contribution >= 4 is 22.9 Å². The van der Waals surface area contributed by atoms with Gasteiger partial charge < -0.3 is 5.32 Å². The third-order valence-electron chi connectivity index (χ3n) is 4.06. The van der Waals surface area contributed by atoms with Gasteiger partial charge in [-0.1, -0.05) is 0 Å². The van der Waals surface area contributed by atoms with Crippen LogP contribution in [0.1, 0.15) is 33.1 Å². The number of hydrogen-bond donors (Lipinski definition) is 2. The monoisotopic (exact) mass is 344 g/mol. The molecule has 24 heavy (non-hydrogen) atoms. The number of H-pyrrole nitrogens is 1. The third kappa shape index (κ3) is 3.41. The molecule has 6 nitrogen and oxygen atoms in total. The summed E-state index contributed by atoms with van der Waals surface area (Å²) in [4.78, 5) is 30.4. The molecule has 0 saturated heterocycles. The van der Waals surface area contributed by atoms with Crippen molar-refractivity contribution in [2.45, 2.75) is 40.2 Å². The summed E-state index contributed by atoms with van der Waals surface area (Å²) in [5.41, 5.74) is 3.20. The van der Waals surface area contributed by atoms with Crippen LogP contribution in [0.4, 0.5) is 0 Å². The number of aryl methyl sites for hydroxylation is 3. The first-order chi connectivity index (χ1) is 11.4. The Morgan fingerprint density at radius 1 is 1.33 bits per heavy atom. The Hall–Kier alpha value is -2.41. The quantitative estimate of drug-likeness (QED) is 0.745. The fourth-order valence-corrected chi connectivity index (χ4v) is 3.64. The van der Waals surface area contributed by atoms with Crippen molar-refractivity contribution in [3.63, 3.8) is 0 Å². The predicted octanol–water partition coefficient (Wildman–Crippen LogP) is 2.26. The van der Waals surface area contributed by atoms with Crippen molar-refractivity contribution in [2.24, 2.45) is 0 Å². The van der Waals surface area contributed by atoms with Crippen LogP contribution in [-0.4, -0.2) is 20.5 Å². The summed E-state index contributed by atoms with van der Waals surface area (Å²) in [7, 11) is 0. The van der Waals surface area contributed by atoms with Crippen molar-refractivity contribution in [2.75, 3.05) is 0 Å². The van der Waals surface area contributed by atoms with Crippen LogP contribution in [0.3, 0.4) is 0 Å². The molecule has 0 spiro atoms. The van der Waals surface area contributed by atoms with Gasteiger partial charge in [0, 0.05) is 33.6 Å². The Labute approximate surface area is 143 Å². The summed E-state index contributed by atoms with van der Waals surface area (Å²) in [6.07, 6.45) is 0.987. The molecule has 0 atom stereocenters. The third-order valence-corrected chi connectivity index (χ3v) is 5.06. The number of amides is 1. The number of nitrogens with one attached hydrogen (secondary N) is 2. The van der Waals surface area contributed by atoms with E-state index in [4.69, 9.17) is 0 Å². The van der Waals surface area contributed by atoms with Gasteiger partial charge in [-0.25, -0.2) is 9.50 Å². The van der Waals surface area contributed by atoms with E-state index in [2.05, 4.69) is 28.4 Å². The van der Waals surface area contributed by atoms with Gasteiger partial charge >= 0.3 is 0 Å². The van der Waals surface area contributed by atoms with E-state index in [1.807, 2.05) is 19.9 Å². The van der Waals surface area contributed by atoms with E-state index in [-0.39, 0.29) is 11.5 Å². The van der Waals surface area contributed by atoms with Crippen molar-refractivity contribution in [1.29, 1.82) is 0 Å². The maximum Gasteiger partial charge on any atom is 0.266 e. The molecule has 2 N–H and O–H groups in total. The zero-order valence-electron chi connectivity index (χ0n) is 14.0. The molecule has 1 amide bonds. The second-order valence-corrected chi connectivity index (χ2v) is 7.24. The van der Waals surface area contributed by atoms with Gasteiger partial charge in [0.2, 0.25) is 5.91 Å². The summed E-state index contributed by atoms with van der Waals surface area (Å²) in [5, 5.41) is 5.68. The Kier molecular flexibility index (Phi) is 4.53. The molecule has 7 heteroatoms. The number of carbonyl (C=O) groups excluding carboxylic acids is 1. The number of fused-ring (bicyclic) bond motifs is 1. The number of aromatic amines is 1. The standard InChI is InChI=1S/C17H20N4O2S/c1-10-4-5-13(24-10)9-18-16(22)7-6-14-11(2)19-15-8-17(23)20-21(15)12(14)3/h4-5,8H,6-7,9H2,1-3H3,(H,18,22)(H,20,23). The molecule has 0 bridgehead atoms. The van der Waals surface area contributed by atoms with Crippen molar-refractivity contribution in [3.05, 3.63) is 55.3 Å². The summed E-state index contributed by atoms with van der Waals surface area (Å²) >= 11 is 1.69. The number of hydrogen-bond acceptors (Lipinski definition) is 4. The van der Waals surface area contributed by atoms with E-state index >= 15 is 0 Å². The van der Waals surface area contributed by atoms with E-state index in [9.17, 15) is 9.59 Å². The molecule has 0 unspecified atom stereocenters.